The lowest BCUT2D eigenvalue weighted by atomic mass is 9.98. The molecule has 4 heterocycles. The normalized spacial score (nSPS) is 18.8. The number of nitrogens with zero attached hydrogens (tertiary/aromatic N) is 3. The maximum Gasteiger partial charge on any atom is 0.407 e. The van der Waals surface area contributed by atoms with Gasteiger partial charge in [0.25, 0.3) is 0 Å². The van der Waals surface area contributed by atoms with Crippen molar-refractivity contribution in [1.82, 2.24) is 25.1 Å². The topological polar surface area (TPSA) is 213 Å². The van der Waals surface area contributed by atoms with Crippen LogP contribution < -0.4 is 32.3 Å². The molecule has 0 saturated carbocycles. The van der Waals surface area contributed by atoms with Crippen molar-refractivity contribution in [2.75, 3.05) is 11.5 Å². The van der Waals surface area contributed by atoms with Crippen LogP contribution in [0.1, 0.15) is 103 Å². The van der Waals surface area contributed by atoms with E-state index in [0.29, 0.717) is 24.0 Å². The minimum Gasteiger partial charge on any atom is -0.449 e. The SMILES string of the molecule is C[C@@H](OCc1ccc(CCCCc2ccc3c(c2)n(C)c(=O)n3C2CCC(=O)NC2=O)cc1)[C@H](CCC(N)=O)NC(=O)[C@@H]1Cc2cccc3c2N1C(=O)[C@@H](NC(=O)OCC1c2ccccc2-c2ccccc21)CC3. The van der Waals surface area contributed by atoms with Gasteiger partial charge in [0.2, 0.25) is 29.5 Å². The first-order valence-electron chi connectivity index (χ1n) is 25.7. The highest BCUT2D eigenvalue weighted by Crippen LogP contribution is 2.45. The molecule has 6 amide bonds. The lowest BCUT2D eigenvalue weighted by Gasteiger charge is -2.31. The van der Waals surface area contributed by atoms with Gasteiger partial charge in [-0.2, -0.15) is 0 Å². The molecule has 1 unspecified atom stereocenters. The van der Waals surface area contributed by atoms with E-state index in [1.165, 1.54) is 15.0 Å². The molecular weight excluding hydrogens is 939 g/mol. The summed E-state index contributed by atoms with van der Waals surface area (Å²) in [5.41, 5.74) is 16.8. The van der Waals surface area contributed by atoms with E-state index < -0.39 is 60.0 Å². The van der Waals surface area contributed by atoms with Gasteiger partial charge >= 0.3 is 11.8 Å². The van der Waals surface area contributed by atoms with Crippen LogP contribution in [0.5, 0.6) is 0 Å². The van der Waals surface area contributed by atoms with Gasteiger partial charge in [-0.25, -0.2) is 9.59 Å². The number of aryl methyl sites for hydroxylation is 4. The number of alkyl carbamates (subject to hydrolysis) is 1. The smallest absolute Gasteiger partial charge is 0.407 e. The number of ether oxygens (including phenoxy) is 2. The van der Waals surface area contributed by atoms with E-state index in [4.69, 9.17) is 15.2 Å². The molecule has 5 atom stereocenters. The number of anilines is 1. The molecule has 0 bridgehead atoms. The average molecular weight is 1000 g/mol. The minimum atomic E-state index is -0.936. The number of fused-ring (bicyclic) bond motifs is 4. The molecule has 1 saturated heterocycles. The first kappa shape index (κ1) is 49.7. The summed E-state index contributed by atoms with van der Waals surface area (Å²) in [7, 11) is 1.70. The summed E-state index contributed by atoms with van der Waals surface area (Å²) in [5.74, 6) is -2.22. The molecule has 0 radical (unpaired) electrons. The maximum atomic E-state index is 14.5. The zero-order chi connectivity index (χ0) is 51.6. The monoisotopic (exact) mass is 999 g/mol. The van der Waals surface area contributed by atoms with E-state index >= 15 is 0 Å². The number of hydrogen-bond acceptors (Lipinski definition) is 9. The van der Waals surface area contributed by atoms with Crippen molar-refractivity contribution in [2.24, 2.45) is 12.8 Å². The molecule has 3 aliphatic heterocycles. The molecular formula is C58H61N7O9. The number of imide groups is 1. The Labute approximate surface area is 428 Å². The molecule has 4 aliphatic rings. The number of carbonyl (C=O) groups excluding carboxylic acids is 6. The summed E-state index contributed by atoms with van der Waals surface area (Å²) >= 11 is 0. The molecule has 74 heavy (non-hydrogen) atoms. The van der Waals surface area contributed by atoms with Gasteiger partial charge in [-0.1, -0.05) is 97.1 Å². The number of nitrogens with two attached hydrogens (primary N) is 1. The first-order chi connectivity index (χ1) is 35.8. The Morgan fingerprint density at radius 1 is 0.784 bits per heavy atom. The lowest BCUT2D eigenvalue weighted by molar-refractivity contribution is -0.135. The number of aromatic nitrogens is 2. The quantitative estimate of drug-likeness (QED) is 0.0557. The number of para-hydroxylation sites is 1. The standard InChI is InChI=1S/C58H61N7O9/c1-34(73-32-37-20-18-35(19-21-37)10-3-4-11-36-22-26-47-49(30-36)63(2)58(72)64(47)48-27-29-52(67)62-54(48)68)45(25-28-51(59)66)60-55(69)50-31-39-13-9-12-38-23-24-46(56(70)65(50)53(38)39)61-57(71)74-33-44-42-16-7-5-14-40(42)41-15-6-8-17-43(41)44/h5-9,12-22,26,30,34,44-46,48,50H,3-4,10-11,23-25,27-29,31-33H2,1-2H3,(H2,59,66)(H,60,69)(H,61,71)(H,62,67,68)/t34-,45+,46+,48?,50+/m1/s1. The van der Waals surface area contributed by atoms with Crippen LogP contribution in [0.4, 0.5) is 10.5 Å². The van der Waals surface area contributed by atoms with Crippen molar-refractivity contribution < 1.29 is 38.2 Å². The number of primary amides is 1. The summed E-state index contributed by atoms with van der Waals surface area (Å²) in [6.07, 6.45) is 4.15. The Balaban J connectivity index is 0.730. The largest absolute Gasteiger partial charge is 0.449 e. The molecule has 10 rings (SSSR count). The zero-order valence-corrected chi connectivity index (χ0v) is 41.6. The summed E-state index contributed by atoms with van der Waals surface area (Å²) in [6.45, 7) is 2.20. The fourth-order valence-corrected chi connectivity index (χ4v) is 11.4. The van der Waals surface area contributed by atoms with E-state index in [0.717, 1.165) is 75.7 Å². The van der Waals surface area contributed by atoms with Crippen molar-refractivity contribution >= 4 is 52.3 Å². The van der Waals surface area contributed by atoms with E-state index in [-0.39, 0.29) is 62.8 Å². The lowest BCUT2D eigenvalue weighted by Crippen LogP contribution is -2.56. The van der Waals surface area contributed by atoms with Crippen LogP contribution in [0.2, 0.25) is 0 Å². The second-order valence-electron chi connectivity index (χ2n) is 20.1. The second kappa shape index (κ2) is 21.3. The van der Waals surface area contributed by atoms with Crippen LogP contribution in [0.3, 0.4) is 0 Å². The van der Waals surface area contributed by atoms with Gasteiger partial charge in [0.15, 0.2) is 0 Å². The number of piperidine rings is 1. The number of imidazole rings is 1. The van der Waals surface area contributed by atoms with Crippen molar-refractivity contribution in [3.05, 3.63) is 159 Å². The molecule has 0 spiro atoms. The molecule has 5 aromatic carbocycles. The Kier molecular flexibility index (Phi) is 14.3. The average Bonchev–Trinajstić information content (AvgIpc) is 4.00. The number of benzene rings is 5. The number of rotatable bonds is 18. The van der Waals surface area contributed by atoms with E-state index in [1.54, 1.807) is 11.6 Å². The van der Waals surface area contributed by atoms with Crippen LogP contribution >= 0.6 is 0 Å². The maximum absolute atomic E-state index is 14.5. The van der Waals surface area contributed by atoms with Gasteiger partial charge in [0.1, 0.15) is 24.7 Å². The van der Waals surface area contributed by atoms with Crippen LogP contribution in [-0.4, -0.2) is 75.6 Å². The van der Waals surface area contributed by atoms with Crippen LogP contribution in [0.25, 0.3) is 22.2 Å². The number of unbranched alkanes of at least 4 members (excludes halogenated alkanes) is 1. The van der Waals surface area contributed by atoms with Crippen molar-refractivity contribution in [3.8, 4) is 11.1 Å². The van der Waals surface area contributed by atoms with Crippen molar-refractivity contribution in [3.63, 3.8) is 0 Å². The van der Waals surface area contributed by atoms with Crippen LogP contribution in [-0.2, 0) is 72.8 Å². The van der Waals surface area contributed by atoms with E-state index in [1.807, 2.05) is 91.9 Å². The van der Waals surface area contributed by atoms with Gasteiger partial charge in [-0.3, -0.25) is 43.3 Å². The second-order valence-corrected chi connectivity index (χ2v) is 20.1. The highest BCUT2D eigenvalue weighted by atomic mass is 16.5. The molecule has 16 heteroatoms. The summed E-state index contributed by atoms with van der Waals surface area (Å²) < 4.78 is 15.2. The predicted octanol–water partition coefficient (Wildman–Crippen LogP) is 6.35. The Morgan fingerprint density at radius 3 is 2.18 bits per heavy atom. The summed E-state index contributed by atoms with van der Waals surface area (Å²) in [6, 6.07) is 32.9. The van der Waals surface area contributed by atoms with Crippen molar-refractivity contribution in [1.29, 1.82) is 0 Å². The highest BCUT2D eigenvalue weighted by molar-refractivity contribution is 6.07. The predicted molar refractivity (Wildman–Crippen MR) is 278 cm³/mol. The zero-order valence-electron chi connectivity index (χ0n) is 41.6. The number of carbonyl (C=O) groups is 6. The van der Waals surface area contributed by atoms with E-state index in [2.05, 4.69) is 40.2 Å². The van der Waals surface area contributed by atoms with Crippen molar-refractivity contribution in [2.45, 2.75) is 120 Å². The summed E-state index contributed by atoms with van der Waals surface area (Å²) in [5, 5.41) is 8.32. The van der Waals surface area contributed by atoms with Gasteiger partial charge in [-0.05, 0) is 120 Å². The van der Waals surface area contributed by atoms with Crippen LogP contribution in [0.15, 0.2) is 114 Å². The fraction of sp³-hybridized carbons (Fsp3) is 0.362. The minimum absolute atomic E-state index is 0.0174. The van der Waals surface area contributed by atoms with Gasteiger partial charge in [0, 0.05) is 32.2 Å². The third-order valence-corrected chi connectivity index (χ3v) is 15.3. The fourth-order valence-electron chi connectivity index (χ4n) is 11.4. The highest BCUT2D eigenvalue weighted by Gasteiger charge is 2.45. The first-order valence-corrected chi connectivity index (χ1v) is 25.7. The third kappa shape index (κ3) is 10.1. The van der Waals surface area contributed by atoms with Gasteiger partial charge in [0.05, 0.1) is 35.5 Å². The number of amides is 6. The molecule has 1 aromatic heterocycles. The molecule has 1 fully saturated rings. The third-order valence-electron chi connectivity index (χ3n) is 15.3. The Morgan fingerprint density at radius 2 is 1.46 bits per heavy atom. The number of nitrogens with one attached hydrogen (secondary N) is 3. The molecule has 1 aliphatic carbocycles. The molecule has 382 valence electrons. The number of hydrogen-bond donors (Lipinski definition) is 4. The molecule has 5 N–H and O–H groups in total. The molecule has 16 nitrogen and oxygen atoms in total. The Hall–Kier alpha value is -7.85. The van der Waals surface area contributed by atoms with Crippen LogP contribution in [0, 0.1) is 0 Å². The van der Waals surface area contributed by atoms with E-state index in [9.17, 15) is 33.6 Å². The molecule has 6 aromatic rings. The summed E-state index contributed by atoms with van der Waals surface area (Å²) in [4.78, 5) is 93.6. The Bertz CT molecular complexity index is 3190. The van der Waals surface area contributed by atoms with Gasteiger partial charge < -0.3 is 25.8 Å². The van der Waals surface area contributed by atoms with Gasteiger partial charge in [-0.15, -0.1) is 0 Å².